The van der Waals surface area contributed by atoms with Gasteiger partial charge in [-0.1, -0.05) is 40.0 Å². The minimum Gasteiger partial charge on any atom is -0.466 e. The van der Waals surface area contributed by atoms with E-state index in [0.717, 1.165) is 25.2 Å². The second-order valence-corrected chi connectivity index (χ2v) is 7.43. The first-order valence-electron chi connectivity index (χ1n) is 8.64. The Morgan fingerprint density at radius 3 is 2.43 bits per heavy atom. The molecule has 0 aromatic rings. The largest absolute Gasteiger partial charge is 0.466 e. The molecular weight excluding hydrogens is 264 g/mol. The third-order valence-corrected chi connectivity index (χ3v) is 5.96. The number of aliphatic hydroxyl groups is 1. The summed E-state index contributed by atoms with van der Waals surface area (Å²) >= 11 is 0. The Kier molecular flexibility index (Phi) is 7.19. The second-order valence-electron chi connectivity index (χ2n) is 7.43. The predicted molar refractivity (Wildman–Crippen MR) is 86.0 cm³/mol. The van der Waals surface area contributed by atoms with E-state index in [1.54, 1.807) is 0 Å². The van der Waals surface area contributed by atoms with Gasteiger partial charge in [-0.15, -0.1) is 0 Å². The van der Waals surface area contributed by atoms with Crippen LogP contribution in [0.25, 0.3) is 0 Å². The lowest BCUT2D eigenvalue weighted by molar-refractivity contribution is -0.143. The number of rotatable bonds is 9. The van der Waals surface area contributed by atoms with Crippen LogP contribution in [0, 0.1) is 16.7 Å². The molecule has 0 aromatic heterocycles. The number of unbranched alkanes of at least 4 members (excludes halogenated alkanes) is 3. The third-order valence-electron chi connectivity index (χ3n) is 5.96. The zero-order valence-corrected chi connectivity index (χ0v) is 14.4. The molecule has 1 aliphatic carbocycles. The molecule has 0 aromatic carbocycles. The van der Waals surface area contributed by atoms with Crippen molar-refractivity contribution in [2.24, 2.45) is 16.7 Å². The SMILES string of the molecule is CCOC(=O)CCCCCCC1CCC(C)(CO)C1(C)C. The Morgan fingerprint density at radius 1 is 1.19 bits per heavy atom. The van der Waals surface area contributed by atoms with Crippen molar-refractivity contribution in [3.63, 3.8) is 0 Å². The van der Waals surface area contributed by atoms with Crippen LogP contribution >= 0.6 is 0 Å². The maximum absolute atomic E-state index is 11.2. The zero-order chi connectivity index (χ0) is 15.9. The first-order chi connectivity index (χ1) is 9.87. The van der Waals surface area contributed by atoms with Crippen LogP contribution in [0.2, 0.25) is 0 Å². The van der Waals surface area contributed by atoms with E-state index in [1.807, 2.05) is 6.92 Å². The predicted octanol–water partition coefficient (Wildman–Crippen LogP) is 4.32. The normalized spacial score (nSPS) is 27.8. The van der Waals surface area contributed by atoms with E-state index < -0.39 is 0 Å². The van der Waals surface area contributed by atoms with Gasteiger partial charge in [0.25, 0.3) is 0 Å². The van der Waals surface area contributed by atoms with Gasteiger partial charge in [-0.2, -0.15) is 0 Å². The van der Waals surface area contributed by atoms with Gasteiger partial charge in [-0.05, 0) is 49.4 Å². The van der Waals surface area contributed by atoms with Crippen LogP contribution in [0.5, 0.6) is 0 Å². The molecule has 124 valence electrons. The van der Waals surface area contributed by atoms with Crippen LogP contribution in [0.15, 0.2) is 0 Å². The van der Waals surface area contributed by atoms with Gasteiger partial charge in [0.05, 0.1) is 6.61 Å². The maximum Gasteiger partial charge on any atom is 0.305 e. The molecule has 1 aliphatic rings. The molecule has 21 heavy (non-hydrogen) atoms. The van der Waals surface area contributed by atoms with Crippen molar-refractivity contribution in [2.75, 3.05) is 13.2 Å². The molecule has 1 saturated carbocycles. The van der Waals surface area contributed by atoms with Gasteiger partial charge >= 0.3 is 5.97 Å². The highest BCUT2D eigenvalue weighted by atomic mass is 16.5. The van der Waals surface area contributed by atoms with Crippen molar-refractivity contribution in [3.05, 3.63) is 0 Å². The molecule has 3 heteroatoms. The van der Waals surface area contributed by atoms with E-state index in [2.05, 4.69) is 20.8 Å². The summed E-state index contributed by atoms with van der Waals surface area (Å²) < 4.78 is 4.93. The lowest BCUT2D eigenvalue weighted by atomic mass is 9.65. The van der Waals surface area contributed by atoms with E-state index in [1.165, 1.54) is 25.7 Å². The number of ether oxygens (including phenoxy) is 1. The number of hydrogen-bond donors (Lipinski definition) is 1. The summed E-state index contributed by atoms with van der Waals surface area (Å²) in [7, 11) is 0. The van der Waals surface area contributed by atoms with Crippen LogP contribution < -0.4 is 0 Å². The van der Waals surface area contributed by atoms with Gasteiger partial charge in [-0.25, -0.2) is 0 Å². The molecule has 0 saturated heterocycles. The maximum atomic E-state index is 11.2. The van der Waals surface area contributed by atoms with Gasteiger partial charge in [0.15, 0.2) is 0 Å². The molecule has 3 nitrogen and oxygen atoms in total. The molecule has 1 N–H and O–H groups in total. The molecule has 1 fully saturated rings. The highest BCUT2D eigenvalue weighted by Crippen LogP contribution is 2.56. The number of esters is 1. The van der Waals surface area contributed by atoms with Gasteiger partial charge in [0, 0.05) is 13.0 Å². The molecule has 0 heterocycles. The fourth-order valence-corrected chi connectivity index (χ4v) is 3.70. The van der Waals surface area contributed by atoms with Crippen LogP contribution in [0.3, 0.4) is 0 Å². The van der Waals surface area contributed by atoms with Crippen LogP contribution in [-0.2, 0) is 9.53 Å². The monoisotopic (exact) mass is 298 g/mol. The van der Waals surface area contributed by atoms with E-state index in [0.29, 0.717) is 19.6 Å². The van der Waals surface area contributed by atoms with Crippen LogP contribution in [-0.4, -0.2) is 24.3 Å². The third kappa shape index (κ3) is 4.70. The highest BCUT2D eigenvalue weighted by molar-refractivity contribution is 5.69. The molecule has 0 aliphatic heterocycles. The van der Waals surface area contributed by atoms with Crippen molar-refractivity contribution < 1.29 is 14.6 Å². The van der Waals surface area contributed by atoms with Gasteiger partial charge in [0.1, 0.15) is 0 Å². The first-order valence-corrected chi connectivity index (χ1v) is 8.64. The molecule has 0 bridgehead atoms. The van der Waals surface area contributed by atoms with Gasteiger partial charge in [-0.3, -0.25) is 4.79 Å². The number of carbonyl (C=O) groups is 1. The smallest absolute Gasteiger partial charge is 0.305 e. The fraction of sp³-hybridized carbons (Fsp3) is 0.944. The Balaban J connectivity index is 2.18. The fourth-order valence-electron chi connectivity index (χ4n) is 3.70. The van der Waals surface area contributed by atoms with Gasteiger partial charge in [0.2, 0.25) is 0 Å². The Morgan fingerprint density at radius 2 is 1.86 bits per heavy atom. The van der Waals surface area contributed by atoms with Crippen molar-refractivity contribution in [1.82, 2.24) is 0 Å². The average molecular weight is 298 g/mol. The van der Waals surface area contributed by atoms with Crippen LogP contribution in [0.1, 0.15) is 79.1 Å². The van der Waals surface area contributed by atoms with E-state index in [9.17, 15) is 9.90 Å². The van der Waals surface area contributed by atoms with Crippen molar-refractivity contribution in [2.45, 2.75) is 79.1 Å². The summed E-state index contributed by atoms with van der Waals surface area (Å²) in [5.74, 6) is 0.660. The standard InChI is InChI=1S/C18H34O3/c1-5-21-16(20)11-9-7-6-8-10-15-12-13-18(4,14-19)17(15,2)3/h15,19H,5-14H2,1-4H3. The molecule has 1 rings (SSSR count). The molecular formula is C18H34O3. The lowest BCUT2D eigenvalue weighted by Gasteiger charge is -2.40. The Labute approximate surface area is 130 Å². The summed E-state index contributed by atoms with van der Waals surface area (Å²) in [6.45, 7) is 9.51. The Bertz CT molecular complexity index is 324. The summed E-state index contributed by atoms with van der Waals surface area (Å²) in [6, 6.07) is 0. The zero-order valence-electron chi connectivity index (χ0n) is 14.4. The molecule has 0 spiro atoms. The highest BCUT2D eigenvalue weighted by Gasteiger charge is 2.50. The number of aliphatic hydroxyl groups excluding tert-OH is 1. The minimum absolute atomic E-state index is 0.0619. The van der Waals surface area contributed by atoms with Crippen LogP contribution in [0.4, 0.5) is 0 Å². The quantitative estimate of drug-likeness (QED) is 0.509. The van der Waals surface area contributed by atoms with Crippen molar-refractivity contribution in [1.29, 1.82) is 0 Å². The van der Waals surface area contributed by atoms with Gasteiger partial charge < -0.3 is 9.84 Å². The summed E-state index contributed by atoms with van der Waals surface area (Å²) in [5.41, 5.74) is 0.314. The van der Waals surface area contributed by atoms with E-state index >= 15 is 0 Å². The second kappa shape index (κ2) is 8.17. The minimum atomic E-state index is -0.0619. The van der Waals surface area contributed by atoms with E-state index in [4.69, 9.17) is 4.74 Å². The lowest BCUT2D eigenvalue weighted by Crippen LogP contribution is -2.37. The number of hydrogen-bond acceptors (Lipinski definition) is 3. The van der Waals surface area contributed by atoms with Crippen molar-refractivity contribution in [3.8, 4) is 0 Å². The average Bonchev–Trinajstić information content (AvgIpc) is 2.66. The first kappa shape index (κ1) is 18.5. The summed E-state index contributed by atoms with van der Waals surface area (Å²) in [4.78, 5) is 11.2. The number of carbonyl (C=O) groups excluding carboxylic acids is 1. The molecule has 2 unspecified atom stereocenters. The van der Waals surface area contributed by atoms with Crippen molar-refractivity contribution >= 4 is 5.97 Å². The summed E-state index contributed by atoms with van der Waals surface area (Å²) in [5, 5.41) is 9.67. The Hall–Kier alpha value is -0.570. The topological polar surface area (TPSA) is 46.5 Å². The molecule has 2 atom stereocenters. The molecule has 0 radical (unpaired) electrons. The summed E-state index contributed by atoms with van der Waals surface area (Å²) in [6.07, 6.45) is 8.69. The van der Waals surface area contributed by atoms with E-state index in [-0.39, 0.29) is 16.8 Å². The molecule has 0 amide bonds.